The number of hydrogen-bond acceptors (Lipinski definition) is 1. The topological polar surface area (TPSA) is 26.0 Å². The van der Waals surface area contributed by atoms with Crippen molar-refractivity contribution in [3.8, 4) is 0 Å². The van der Waals surface area contributed by atoms with Gasteiger partial charge in [-0.2, -0.15) is 0 Å². The summed E-state index contributed by atoms with van der Waals surface area (Å²) in [5, 5.41) is 0. The molecule has 0 saturated heterocycles. The van der Waals surface area contributed by atoms with Crippen molar-refractivity contribution in [2.45, 2.75) is 33.2 Å². The Morgan fingerprint density at radius 3 is 2.47 bits per heavy atom. The van der Waals surface area contributed by atoms with Crippen molar-refractivity contribution in [3.63, 3.8) is 0 Å². The van der Waals surface area contributed by atoms with Crippen LogP contribution in [0.3, 0.4) is 0 Å². The summed E-state index contributed by atoms with van der Waals surface area (Å²) in [5.74, 6) is -0.890. The second kappa shape index (κ2) is 4.27. The van der Waals surface area contributed by atoms with Crippen molar-refractivity contribution in [3.05, 3.63) is 35.4 Å². The third-order valence-corrected chi connectivity index (χ3v) is 3.05. The third-order valence-electron chi connectivity index (χ3n) is 3.05. The summed E-state index contributed by atoms with van der Waals surface area (Å²) in [7, 11) is 0. The average molecular weight is 213 g/mol. The van der Waals surface area contributed by atoms with E-state index in [9.17, 15) is 8.78 Å². The first-order valence-corrected chi connectivity index (χ1v) is 5.09. The Bertz CT molecular complexity index is 347. The zero-order valence-corrected chi connectivity index (χ0v) is 9.35. The number of nitrogens with two attached hydrogens (primary N) is 1. The van der Waals surface area contributed by atoms with E-state index in [1.807, 2.05) is 20.8 Å². The smallest absolute Gasteiger partial charge is 0.128 e. The molecule has 84 valence electrons. The highest BCUT2D eigenvalue weighted by Gasteiger charge is 2.28. The highest BCUT2D eigenvalue weighted by Crippen LogP contribution is 2.35. The van der Waals surface area contributed by atoms with E-state index in [1.54, 1.807) is 0 Å². The highest BCUT2D eigenvalue weighted by molar-refractivity contribution is 5.23. The van der Waals surface area contributed by atoms with Gasteiger partial charge in [0.2, 0.25) is 0 Å². The summed E-state index contributed by atoms with van der Waals surface area (Å²) in [5.41, 5.74) is 5.96. The largest absolute Gasteiger partial charge is 0.323 e. The SMILES string of the molecule is CCC(C)(C)C(N)c1cc(F)ccc1F. The molecule has 1 aromatic rings. The van der Waals surface area contributed by atoms with Gasteiger partial charge in [0, 0.05) is 11.6 Å². The molecule has 0 radical (unpaired) electrons. The molecule has 1 rings (SSSR count). The Hall–Kier alpha value is -0.960. The van der Waals surface area contributed by atoms with Gasteiger partial charge in [0.05, 0.1) is 0 Å². The first kappa shape index (κ1) is 12.1. The zero-order valence-electron chi connectivity index (χ0n) is 9.35. The maximum absolute atomic E-state index is 13.4. The fraction of sp³-hybridized carbons (Fsp3) is 0.500. The van der Waals surface area contributed by atoms with Crippen LogP contribution in [0.4, 0.5) is 8.78 Å². The minimum absolute atomic E-state index is 0.241. The Morgan fingerprint density at radius 1 is 1.33 bits per heavy atom. The highest BCUT2D eigenvalue weighted by atomic mass is 19.1. The van der Waals surface area contributed by atoms with E-state index in [1.165, 1.54) is 6.07 Å². The van der Waals surface area contributed by atoms with Gasteiger partial charge in [-0.25, -0.2) is 8.78 Å². The van der Waals surface area contributed by atoms with E-state index < -0.39 is 17.7 Å². The van der Waals surface area contributed by atoms with Crippen molar-refractivity contribution in [2.75, 3.05) is 0 Å². The molecular weight excluding hydrogens is 196 g/mol. The van der Waals surface area contributed by atoms with Gasteiger partial charge in [0.1, 0.15) is 11.6 Å². The van der Waals surface area contributed by atoms with Crippen LogP contribution in [0, 0.1) is 17.0 Å². The van der Waals surface area contributed by atoms with E-state index in [-0.39, 0.29) is 11.0 Å². The van der Waals surface area contributed by atoms with Gasteiger partial charge in [-0.15, -0.1) is 0 Å². The Balaban J connectivity index is 3.10. The molecule has 1 nitrogen and oxygen atoms in total. The summed E-state index contributed by atoms with van der Waals surface area (Å²) < 4.78 is 26.4. The lowest BCUT2D eigenvalue weighted by Gasteiger charge is -2.30. The number of hydrogen-bond donors (Lipinski definition) is 1. The average Bonchev–Trinajstić information content (AvgIpc) is 2.20. The minimum atomic E-state index is -0.488. The first-order chi connectivity index (χ1) is 6.88. The predicted octanol–water partition coefficient (Wildman–Crippen LogP) is 3.40. The molecule has 1 aromatic carbocycles. The normalized spacial score (nSPS) is 14.0. The maximum atomic E-state index is 13.4. The molecule has 0 aromatic heterocycles. The van der Waals surface area contributed by atoms with Crippen molar-refractivity contribution in [2.24, 2.45) is 11.1 Å². The number of halogens is 2. The van der Waals surface area contributed by atoms with E-state index in [2.05, 4.69) is 0 Å². The molecule has 0 heterocycles. The van der Waals surface area contributed by atoms with Crippen LogP contribution in [0.15, 0.2) is 18.2 Å². The molecule has 0 bridgehead atoms. The Kier molecular flexibility index (Phi) is 3.45. The molecule has 1 unspecified atom stereocenters. The quantitative estimate of drug-likeness (QED) is 0.818. The number of benzene rings is 1. The molecule has 1 atom stereocenters. The Labute approximate surface area is 89.3 Å². The van der Waals surface area contributed by atoms with Crippen molar-refractivity contribution in [1.82, 2.24) is 0 Å². The lowest BCUT2D eigenvalue weighted by molar-refractivity contribution is 0.272. The predicted molar refractivity (Wildman–Crippen MR) is 57.4 cm³/mol. The van der Waals surface area contributed by atoms with Crippen LogP contribution in [0.2, 0.25) is 0 Å². The van der Waals surface area contributed by atoms with Gasteiger partial charge in [-0.3, -0.25) is 0 Å². The molecular formula is C12H17F2N. The Morgan fingerprint density at radius 2 is 1.93 bits per heavy atom. The molecule has 0 aliphatic rings. The fourth-order valence-corrected chi connectivity index (χ4v) is 1.39. The lowest BCUT2D eigenvalue weighted by Crippen LogP contribution is -2.29. The maximum Gasteiger partial charge on any atom is 0.128 e. The molecule has 2 N–H and O–H groups in total. The molecule has 15 heavy (non-hydrogen) atoms. The summed E-state index contributed by atoms with van der Waals surface area (Å²) in [6.07, 6.45) is 0.810. The van der Waals surface area contributed by atoms with Crippen molar-refractivity contribution >= 4 is 0 Å². The second-order valence-electron chi connectivity index (χ2n) is 4.49. The second-order valence-corrected chi connectivity index (χ2v) is 4.49. The van der Waals surface area contributed by atoms with Crippen LogP contribution in [-0.4, -0.2) is 0 Å². The summed E-state index contributed by atoms with van der Waals surface area (Å²) >= 11 is 0. The minimum Gasteiger partial charge on any atom is -0.323 e. The first-order valence-electron chi connectivity index (χ1n) is 5.09. The zero-order chi connectivity index (χ0) is 11.6. The standard InChI is InChI=1S/C12H17F2N/c1-4-12(2,3)11(15)9-7-8(13)5-6-10(9)14/h5-7,11H,4,15H2,1-3H3. The van der Waals surface area contributed by atoms with Gasteiger partial charge in [-0.1, -0.05) is 20.8 Å². The van der Waals surface area contributed by atoms with E-state index in [0.29, 0.717) is 0 Å². The van der Waals surface area contributed by atoms with Crippen LogP contribution in [0.25, 0.3) is 0 Å². The van der Waals surface area contributed by atoms with Crippen LogP contribution in [0.1, 0.15) is 38.8 Å². The van der Waals surface area contributed by atoms with Crippen LogP contribution in [0.5, 0.6) is 0 Å². The monoisotopic (exact) mass is 213 g/mol. The molecule has 0 saturated carbocycles. The summed E-state index contributed by atoms with van der Waals surface area (Å²) in [6, 6.07) is 2.91. The molecule has 0 aliphatic heterocycles. The van der Waals surface area contributed by atoms with E-state index in [0.717, 1.165) is 18.6 Å². The number of rotatable bonds is 3. The van der Waals surface area contributed by atoms with Gasteiger partial charge in [0.15, 0.2) is 0 Å². The summed E-state index contributed by atoms with van der Waals surface area (Å²) in [4.78, 5) is 0. The van der Waals surface area contributed by atoms with Crippen LogP contribution < -0.4 is 5.73 Å². The third kappa shape index (κ3) is 2.53. The van der Waals surface area contributed by atoms with E-state index in [4.69, 9.17) is 5.73 Å². The van der Waals surface area contributed by atoms with E-state index >= 15 is 0 Å². The van der Waals surface area contributed by atoms with Crippen LogP contribution >= 0.6 is 0 Å². The molecule has 0 aliphatic carbocycles. The molecule has 0 amide bonds. The van der Waals surface area contributed by atoms with Crippen LogP contribution in [-0.2, 0) is 0 Å². The molecule has 0 fully saturated rings. The lowest BCUT2D eigenvalue weighted by atomic mass is 9.79. The van der Waals surface area contributed by atoms with Gasteiger partial charge >= 0.3 is 0 Å². The van der Waals surface area contributed by atoms with Crippen molar-refractivity contribution < 1.29 is 8.78 Å². The van der Waals surface area contributed by atoms with Gasteiger partial charge < -0.3 is 5.73 Å². The molecule has 3 heteroatoms. The van der Waals surface area contributed by atoms with Gasteiger partial charge in [0.25, 0.3) is 0 Å². The van der Waals surface area contributed by atoms with Gasteiger partial charge in [-0.05, 0) is 30.0 Å². The summed E-state index contributed by atoms with van der Waals surface area (Å²) in [6.45, 7) is 5.88. The van der Waals surface area contributed by atoms with Crippen molar-refractivity contribution in [1.29, 1.82) is 0 Å². The fourth-order valence-electron chi connectivity index (χ4n) is 1.39. The molecule has 0 spiro atoms.